The molecule has 0 atom stereocenters. The van der Waals surface area contributed by atoms with E-state index >= 15 is 0 Å². The molecule has 0 aliphatic heterocycles. The lowest BCUT2D eigenvalue weighted by atomic mass is 10.1. The first-order valence-electron chi connectivity index (χ1n) is 8.62. The fourth-order valence-corrected chi connectivity index (χ4v) is 2.95. The normalized spacial score (nSPS) is 10.8. The molecule has 0 unspecified atom stereocenters. The summed E-state index contributed by atoms with van der Waals surface area (Å²) in [5.41, 5.74) is 2.40. The van der Waals surface area contributed by atoms with Gasteiger partial charge >= 0.3 is 5.97 Å². The molecule has 4 rings (SSSR count). The molecule has 0 aliphatic rings. The number of rotatable bonds is 5. The minimum Gasteiger partial charge on any atom is -0.456 e. The third-order valence-electron chi connectivity index (χ3n) is 4.22. The van der Waals surface area contributed by atoms with Crippen molar-refractivity contribution in [1.29, 1.82) is 0 Å². The smallest absolute Gasteiger partial charge is 0.330 e. The predicted molar refractivity (Wildman–Crippen MR) is 103 cm³/mol. The second kappa shape index (κ2) is 7.33. The van der Waals surface area contributed by atoms with Gasteiger partial charge in [-0.25, -0.2) is 4.79 Å². The molecule has 4 aromatic rings. The molecule has 134 valence electrons. The second-order valence-corrected chi connectivity index (χ2v) is 6.17. The summed E-state index contributed by atoms with van der Waals surface area (Å²) in [5, 5.41) is 4.42. The Morgan fingerprint density at radius 2 is 1.59 bits per heavy atom. The maximum absolute atomic E-state index is 12.0. The van der Waals surface area contributed by atoms with Crippen LogP contribution < -0.4 is 10.1 Å². The topological polar surface area (TPSA) is 68.5 Å². The Labute approximate surface area is 155 Å². The van der Waals surface area contributed by atoms with E-state index in [0.29, 0.717) is 5.75 Å². The van der Waals surface area contributed by atoms with Crippen LogP contribution in [0.2, 0.25) is 0 Å². The van der Waals surface area contributed by atoms with Crippen LogP contribution in [0.15, 0.2) is 77.2 Å². The predicted octanol–water partition coefficient (Wildman–Crippen LogP) is 3.85. The van der Waals surface area contributed by atoms with Crippen molar-refractivity contribution in [1.82, 2.24) is 5.32 Å². The van der Waals surface area contributed by atoms with Crippen LogP contribution in [0.4, 0.5) is 0 Å². The molecule has 0 saturated carbocycles. The van der Waals surface area contributed by atoms with Crippen molar-refractivity contribution in [3.8, 4) is 5.75 Å². The van der Waals surface area contributed by atoms with E-state index in [0.717, 1.165) is 27.5 Å². The van der Waals surface area contributed by atoms with Gasteiger partial charge in [-0.15, -0.1) is 0 Å². The molecule has 5 nitrogen and oxygen atoms in total. The summed E-state index contributed by atoms with van der Waals surface area (Å²) in [6.07, 6.45) is 0.223. The number of carbonyl (C=O) groups excluding carboxylic acids is 2. The highest BCUT2D eigenvalue weighted by atomic mass is 16.5. The summed E-state index contributed by atoms with van der Waals surface area (Å²) in [4.78, 5) is 24.0. The minimum atomic E-state index is -0.524. The SMILES string of the molecule is O=C(Cc1ccccc1)NCC(=O)Oc1ccc2oc3ccccc3c2c1. The Balaban J connectivity index is 1.39. The molecule has 27 heavy (non-hydrogen) atoms. The van der Waals surface area contributed by atoms with Crippen LogP contribution in [0.25, 0.3) is 21.9 Å². The zero-order valence-electron chi connectivity index (χ0n) is 14.5. The lowest BCUT2D eigenvalue weighted by molar-refractivity contribution is -0.135. The van der Waals surface area contributed by atoms with Gasteiger partial charge in [0.15, 0.2) is 0 Å². The largest absolute Gasteiger partial charge is 0.456 e. The van der Waals surface area contributed by atoms with Crippen LogP contribution in [-0.2, 0) is 16.0 Å². The van der Waals surface area contributed by atoms with E-state index in [1.54, 1.807) is 18.2 Å². The quantitative estimate of drug-likeness (QED) is 0.434. The maximum atomic E-state index is 12.0. The third-order valence-corrected chi connectivity index (χ3v) is 4.22. The van der Waals surface area contributed by atoms with Gasteiger partial charge in [0, 0.05) is 10.8 Å². The summed E-state index contributed by atoms with van der Waals surface area (Å²) in [6.45, 7) is -0.185. The number of carbonyl (C=O) groups is 2. The molecule has 0 aliphatic carbocycles. The number of furan rings is 1. The van der Waals surface area contributed by atoms with Crippen LogP contribution in [0, 0.1) is 0 Å². The standard InChI is InChI=1S/C22H17NO4/c24-21(12-15-6-2-1-3-7-15)23-14-22(25)26-16-10-11-20-18(13-16)17-8-4-5-9-19(17)27-20/h1-11,13H,12,14H2,(H,23,24). The molecule has 1 aromatic heterocycles. The zero-order chi connectivity index (χ0) is 18.6. The number of para-hydroxylation sites is 1. The highest BCUT2D eigenvalue weighted by molar-refractivity contribution is 6.05. The van der Waals surface area contributed by atoms with E-state index in [9.17, 15) is 9.59 Å². The lowest BCUT2D eigenvalue weighted by Crippen LogP contribution is -2.32. The van der Waals surface area contributed by atoms with Crippen LogP contribution in [-0.4, -0.2) is 18.4 Å². The molecule has 0 saturated heterocycles. The van der Waals surface area contributed by atoms with Crippen molar-refractivity contribution in [2.24, 2.45) is 0 Å². The second-order valence-electron chi connectivity index (χ2n) is 6.17. The molecule has 1 amide bonds. The van der Waals surface area contributed by atoms with Crippen molar-refractivity contribution >= 4 is 33.8 Å². The summed E-state index contributed by atoms with van der Waals surface area (Å²) < 4.78 is 11.1. The molecule has 1 N–H and O–H groups in total. The maximum Gasteiger partial charge on any atom is 0.330 e. The van der Waals surface area contributed by atoms with Crippen molar-refractivity contribution in [3.05, 3.63) is 78.4 Å². The fourth-order valence-electron chi connectivity index (χ4n) is 2.95. The van der Waals surface area contributed by atoms with E-state index < -0.39 is 5.97 Å². The van der Waals surface area contributed by atoms with Crippen LogP contribution in [0.1, 0.15) is 5.56 Å². The minimum absolute atomic E-state index is 0.185. The number of nitrogens with one attached hydrogen (secondary N) is 1. The summed E-state index contributed by atoms with van der Waals surface area (Å²) in [5.74, 6) is -0.339. The van der Waals surface area contributed by atoms with Crippen LogP contribution in [0.3, 0.4) is 0 Å². The van der Waals surface area contributed by atoms with E-state index in [2.05, 4.69) is 5.32 Å². The Bertz CT molecular complexity index is 1120. The molecule has 5 heteroatoms. The van der Waals surface area contributed by atoms with E-state index in [1.165, 1.54) is 0 Å². The number of amides is 1. The zero-order valence-corrected chi connectivity index (χ0v) is 14.5. The lowest BCUT2D eigenvalue weighted by Gasteiger charge is -2.06. The molecule has 0 spiro atoms. The number of fused-ring (bicyclic) bond motifs is 3. The van der Waals surface area contributed by atoms with E-state index in [-0.39, 0.29) is 18.9 Å². The van der Waals surface area contributed by atoms with E-state index in [4.69, 9.17) is 9.15 Å². The van der Waals surface area contributed by atoms with Gasteiger partial charge in [0.1, 0.15) is 23.5 Å². The molecule has 0 radical (unpaired) electrons. The van der Waals surface area contributed by atoms with Gasteiger partial charge in [-0.05, 0) is 29.8 Å². The number of ether oxygens (including phenoxy) is 1. The monoisotopic (exact) mass is 359 g/mol. The molecular weight excluding hydrogens is 342 g/mol. The van der Waals surface area contributed by atoms with Crippen LogP contribution in [0.5, 0.6) is 5.75 Å². The molecular formula is C22H17NO4. The van der Waals surface area contributed by atoms with E-state index in [1.807, 2.05) is 54.6 Å². The third kappa shape index (κ3) is 3.82. The fraction of sp³-hybridized carbons (Fsp3) is 0.0909. The van der Waals surface area contributed by atoms with Gasteiger partial charge in [0.05, 0.1) is 6.42 Å². The average molecular weight is 359 g/mol. The van der Waals surface area contributed by atoms with Gasteiger partial charge in [-0.3, -0.25) is 4.79 Å². The van der Waals surface area contributed by atoms with Crippen molar-refractivity contribution in [3.63, 3.8) is 0 Å². The number of hydrogen-bond donors (Lipinski definition) is 1. The Morgan fingerprint density at radius 3 is 2.44 bits per heavy atom. The first kappa shape index (κ1) is 16.8. The Morgan fingerprint density at radius 1 is 0.852 bits per heavy atom. The van der Waals surface area contributed by atoms with Gasteiger partial charge in [-0.2, -0.15) is 0 Å². The highest BCUT2D eigenvalue weighted by Crippen LogP contribution is 2.31. The average Bonchev–Trinajstić information content (AvgIpc) is 3.05. The first-order valence-corrected chi connectivity index (χ1v) is 8.62. The van der Waals surface area contributed by atoms with Crippen molar-refractivity contribution < 1.29 is 18.7 Å². The number of esters is 1. The Kier molecular flexibility index (Phi) is 4.58. The number of hydrogen-bond acceptors (Lipinski definition) is 4. The van der Waals surface area contributed by atoms with Crippen molar-refractivity contribution in [2.75, 3.05) is 6.54 Å². The highest BCUT2D eigenvalue weighted by Gasteiger charge is 2.11. The molecule has 1 heterocycles. The van der Waals surface area contributed by atoms with Crippen molar-refractivity contribution in [2.45, 2.75) is 6.42 Å². The number of benzene rings is 3. The first-order chi connectivity index (χ1) is 13.2. The molecule has 0 bridgehead atoms. The summed E-state index contributed by atoms with van der Waals surface area (Å²) in [7, 11) is 0. The molecule has 3 aromatic carbocycles. The van der Waals surface area contributed by atoms with Gasteiger partial charge in [0.2, 0.25) is 5.91 Å². The summed E-state index contributed by atoms with van der Waals surface area (Å²) in [6, 6.07) is 22.2. The van der Waals surface area contributed by atoms with Gasteiger partial charge in [-0.1, -0.05) is 48.5 Å². The molecule has 0 fully saturated rings. The van der Waals surface area contributed by atoms with Gasteiger partial charge < -0.3 is 14.5 Å². The Hall–Kier alpha value is -3.60. The van der Waals surface area contributed by atoms with Gasteiger partial charge in [0.25, 0.3) is 0 Å². The summed E-state index contributed by atoms with van der Waals surface area (Å²) >= 11 is 0. The van der Waals surface area contributed by atoms with Crippen LogP contribution >= 0.6 is 0 Å².